The molecule has 5 nitrogen and oxygen atoms in total. The molecular formula is C20H24N2O3S. The van der Waals surface area contributed by atoms with Gasteiger partial charge in [-0.3, -0.25) is 4.79 Å². The zero-order valence-corrected chi connectivity index (χ0v) is 16.0. The molecule has 0 saturated carbocycles. The second-order valence-corrected chi connectivity index (χ2v) is 7.44. The van der Waals surface area contributed by atoms with Crippen LogP contribution in [0.2, 0.25) is 0 Å². The average Bonchev–Trinajstić information content (AvgIpc) is 2.55. The number of ether oxygens (including phenoxy) is 1. The number of hydrogen-bond acceptors (Lipinski definition) is 4. The zero-order chi connectivity index (χ0) is 19.2. The van der Waals surface area contributed by atoms with Gasteiger partial charge < -0.3 is 15.4 Å². The van der Waals surface area contributed by atoms with Crippen molar-refractivity contribution in [3.63, 3.8) is 0 Å². The Morgan fingerprint density at radius 1 is 1.04 bits per heavy atom. The van der Waals surface area contributed by atoms with Gasteiger partial charge in [0.2, 0.25) is 5.91 Å². The van der Waals surface area contributed by atoms with Crippen LogP contribution >= 0.6 is 12.6 Å². The van der Waals surface area contributed by atoms with Crippen molar-refractivity contribution in [3.8, 4) is 0 Å². The SMILES string of the molecule is CC(C)(C)OC(=O)N[C@@H](Cc1ccccc1)C(=O)Nc1ccc(S)cc1. The Balaban J connectivity index is 2.11. The second-order valence-electron chi connectivity index (χ2n) is 6.92. The number of carbonyl (C=O) groups is 2. The van der Waals surface area contributed by atoms with Gasteiger partial charge in [-0.15, -0.1) is 12.6 Å². The first-order valence-corrected chi connectivity index (χ1v) is 8.81. The second kappa shape index (κ2) is 8.76. The minimum absolute atomic E-state index is 0.313. The van der Waals surface area contributed by atoms with Gasteiger partial charge in [0.1, 0.15) is 11.6 Å². The number of amides is 2. The minimum atomic E-state index is -0.761. The number of thiol groups is 1. The molecule has 6 heteroatoms. The van der Waals surface area contributed by atoms with Crippen LogP contribution in [0.15, 0.2) is 59.5 Å². The van der Waals surface area contributed by atoms with Gasteiger partial charge in [-0.1, -0.05) is 30.3 Å². The Morgan fingerprint density at radius 2 is 1.65 bits per heavy atom. The Hall–Kier alpha value is -2.47. The number of carbonyl (C=O) groups excluding carboxylic acids is 2. The predicted octanol–water partition coefficient (Wildman–Crippen LogP) is 4.05. The number of rotatable bonds is 5. The molecule has 2 aromatic rings. The highest BCUT2D eigenvalue weighted by atomic mass is 32.1. The van der Waals surface area contributed by atoms with Crippen molar-refractivity contribution in [1.29, 1.82) is 0 Å². The fourth-order valence-electron chi connectivity index (χ4n) is 2.28. The third kappa shape index (κ3) is 6.80. The molecule has 1 atom stereocenters. The van der Waals surface area contributed by atoms with Crippen LogP contribution in [-0.2, 0) is 16.0 Å². The lowest BCUT2D eigenvalue weighted by atomic mass is 10.1. The van der Waals surface area contributed by atoms with E-state index in [1.807, 2.05) is 30.3 Å². The smallest absolute Gasteiger partial charge is 0.408 e. The predicted molar refractivity (Wildman–Crippen MR) is 106 cm³/mol. The molecule has 2 N–H and O–H groups in total. The molecule has 0 radical (unpaired) electrons. The van der Waals surface area contributed by atoms with Gasteiger partial charge >= 0.3 is 6.09 Å². The molecule has 0 unspecified atom stereocenters. The summed E-state index contributed by atoms with van der Waals surface area (Å²) >= 11 is 4.23. The number of hydrogen-bond donors (Lipinski definition) is 3. The molecule has 0 bridgehead atoms. The van der Waals surface area contributed by atoms with E-state index in [4.69, 9.17) is 4.74 Å². The van der Waals surface area contributed by atoms with Crippen LogP contribution in [0.1, 0.15) is 26.3 Å². The highest BCUT2D eigenvalue weighted by Crippen LogP contribution is 2.14. The molecule has 0 aromatic heterocycles. The van der Waals surface area contributed by atoms with E-state index >= 15 is 0 Å². The quantitative estimate of drug-likeness (QED) is 0.694. The lowest BCUT2D eigenvalue weighted by Crippen LogP contribution is -2.47. The lowest BCUT2D eigenvalue weighted by Gasteiger charge is -2.23. The summed E-state index contributed by atoms with van der Waals surface area (Å²) < 4.78 is 5.28. The van der Waals surface area contributed by atoms with Crippen molar-refractivity contribution in [1.82, 2.24) is 5.32 Å². The number of benzene rings is 2. The van der Waals surface area contributed by atoms with Gasteiger partial charge in [0.15, 0.2) is 0 Å². The number of nitrogens with one attached hydrogen (secondary N) is 2. The van der Waals surface area contributed by atoms with E-state index in [0.717, 1.165) is 10.5 Å². The summed E-state index contributed by atoms with van der Waals surface area (Å²) in [7, 11) is 0. The van der Waals surface area contributed by atoms with E-state index in [9.17, 15) is 9.59 Å². The largest absolute Gasteiger partial charge is 0.444 e. The van der Waals surface area contributed by atoms with Crippen LogP contribution < -0.4 is 10.6 Å². The molecule has 0 aliphatic heterocycles. The minimum Gasteiger partial charge on any atom is -0.444 e. The molecule has 0 aliphatic carbocycles. The molecule has 26 heavy (non-hydrogen) atoms. The molecular weight excluding hydrogens is 348 g/mol. The maximum absolute atomic E-state index is 12.7. The Kier molecular flexibility index (Phi) is 6.69. The fourth-order valence-corrected chi connectivity index (χ4v) is 2.43. The summed E-state index contributed by atoms with van der Waals surface area (Å²) in [4.78, 5) is 25.6. The Morgan fingerprint density at radius 3 is 2.23 bits per heavy atom. The molecule has 2 amide bonds. The van der Waals surface area contributed by atoms with Gasteiger partial charge in [0, 0.05) is 17.0 Å². The topological polar surface area (TPSA) is 67.4 Å². The molecule has 0 spiro atoms. The van der Waals surface area contributed by atoms with Gasteiger partial charge in [-0.25, -0.2) is 4.79 Å². The van der Waals surface area contributed by atoms with Gasteiger partial charge in [0.05, 0.1) is 0 Å². The molecule has 0 aliphatic rings. The van der Waals surface area contributed by atoms with Crippen molar-refractivity contribution in [2.24, 2.45) is 0 Å². The van der Waals surface area contributed by atoms with Crippen LogP contribution in [0.4, 0.5) is 10.5 Å². The molecule has 2 aromatic carbocycles. The summed E-state index contributed by atoms with van der Waals surface area (Å²) in [6, 6.07) is 15.8. The number of anilines is 1. The molecule has 0 heterocycles. The van der Waals surface area contributed by atoms with Crippen molar-refractivity contribution in [2.45, 2.75) is 43.7 Å². The highest BCUT2D eigenvalue weighted by Gasteiger charge is 2.24. The lowest BCUT2D eigenvalue weighted by molar-refractivity contribution is -0.118. The molecule has 138 valence electrons. The van der Waals surface area contributed by atoms with Crippen molar-refractivity contribution >= 4 is 30.3 Å². The standard InChI is InChI=1S/C20H24N2O3S/c1-20(2,3)25-19(24)22-17(13-14-7-5-4-6-8-14)18(23)21-15-9-11-16(26)12-10-15/h4-12,17,26H,13H2,1-3H3,(H,21,23)(H,22,24)/t17-/m0/s1. The third-order valence-electron chi connectivity index (χ3n) is 3.42. The molecule has 0 fully saturated rings. The maximum Gasteiger partial charge on any atom is 0.408 e. The van der Waals surface area contributed by atoms with E-state index < -0.39 is 17.7 Å². The van der Waals surface area contributed by atoms with Crippen LogP contribution in [0.25, 0.3) is 0 Å². The molecule has 2 rings (SSSR count). The summed E-state index contributed by atoms with van der Waals surface area (Å²) in [6.07, 6.45) is -0.268. The normalized spacial score (nSPS) is 12.2. The zero-order valence-electron chi connectivity index (χ0n) is 15.2. The first-order chi connectivity index (χ1) is 12.2. The van der Waals surface area contributed by atoms with Crippen molar-refractivity contribution in [2.75, 3.05) is 5.32 Å². The summed E-state index contributed by atoms with van der Waals surface area (Å²) in [5, 5.41) is 5.48. The monoisotopic (exact) mass is 372 g/mol. The Labute approximate surface area is 159 Å². The summed E-state index contributed by atoms with van der Waals surface area (Å²) in [6.45, 7) is 5.33. The average molecular weight is 372 g/mol. The van der Waals surface area contributed by atoms with E-state index in [1.165, 1.54) is 0 Å². The van der Waals surface area contributed by atoms with Gasteiger partial charge in [0.25, 0.3) is 0 Å². The molecule has 0 saturated heterocycles. The van der Waals surface area contributed by atoms with E-state index in [1.54, 1.807) is 45.0 Å². The number of alkyl carbamates (subject to hydrolysis) is 1. The fraction of sp³-hybridized carbons (Fsp3) is 0.300. The van der Waals surface area contributed by atoms with Crippen LogP contribution in [0.5, 0.6) is 0 Å². The van der Waals surface area contributed by atoms with E-state index in [0.29, 0.717) is 12.1 Å². The highest BCUT2D eigenvalue weighted by molar-refractivity contribution is 7.80. The van der Waals surface area contributed by atoms with E-state index in [2.05, 4.69) is 23.3 Å². The summed E-state index contributed by atoms with van der Waals surface area (Å²) in [5.74, 6) is -0.313. The van der Waals surface area contributed by atoms with Crippen molar-refractivity contribution < 1.29 is 14.3 Å². The van der Waals surface area contributed by atoms with Crippen LogP contribution in [0, 0.1) is 0 Å². The first kappa shape index (κ1) is 19.8. The first-order valence-electron chi connectivity index (χ1n) is 8.36. The van der Waals surface area contributed by atoms with Crippen LogP contribution in [-0.4, -0.2) is 23.6 Å². The maximum atomic E-state index is 12.7. The van der Waals surface area contributed by atoms with Gasteiger partial charge in [-0.2, -0.15) is 0 Å². The van der Waals surface area contributed by atoms with Gasteiger partial charge in [-0.05, 0) is 50.6 Å². The van der Waals surface area contributed by atoms with Crippen molar-refractivity contribution in [3.05, 3.63) is 60.2 Å². The summed E-state index contributed by atoms with van der Waals surface area (Å²) in [5.41, 5.74) is 0.937. The Bertz CT molecular complexity index is 740. The third-order valence-corrected chi connectivity index (χ3v) is 3.72. The van der Waals surface area contributed by atoms with E-state index in [-0.39, 0.29) is 5.91 Å². The van der Waals surface area contributed by atoms with Crippen LogP contribution in [0.3, 0.4) is 0 Å².